The summed E-state index contributed by atoms with van der Waals surface area (Å²) in [6, 6.07) is 16.7. The van der Waals surface area contributed by atoms with Gasteiger partial charge in [-0.25, -0.2) is 9.18 Å². The molecule has 0 bridgehead atoms. The summed E-state index contributed by atoms with van der Waals surface area (Å²) < 4.78 is 21.8. The number of aromatic nitrogens is 2. The Labute approximate surface area is 181 Å². The molecule has 5 nitrogen and oxygen atoms in total. The number of hydrogen-bond acceptors (Lipinski definition) is 3. The van der Waals surface area contributed by atoms with Crippen LogP contribution in [-0.4, -0.2) is 34.1 Å². The topological polar surface area (TPSA) is 64.3 Å². The highest BCUT2D eigenvalue weighted by Gasteiger charge is 2.23. The first-order valence-corrected chi connectivity index (χ1v) is 10.8. The van der Waals surface area contributed by atoms with E-state index >= 15 is 0 Å². The van der Waals surface area contributed by atoms with Crippen molar-refractivity contribution in [2.24, 2.45) is 11.8 Å². The summed E-state index contributed by atoms with van der Waals surface area (Å²) in [4.78, 5) is 10.6. The Bertz CT molecular complexity index is 1010. The SMILES string of the molecule is O=C(O)COC[C@H]1CC[C@@H](Cn2cc(-c3ccccc3F)c(-c3ccccc3)n2)CC1. The number of carboxylic acid groups (broad SMARTS) is 1. The molecule has 2 aromatic carbocycles. The Hall–Kier alpha value is -2.99. The highest BCUT2D eigenvalue weighted by Crippen LogP contribution is 2.34. The Balaban J connectivity index is 1.47. The third kappa shape index (κ3) is 5.39. The molecule has 1 N–H and O–H groups in total. The van der Waals surface area contributed by atoms with Gasteiger partial charge in [-0.15, -0.1) is 0 Å². The van der Waals surface area contributed by atoms with Gasteiger partial charge in [0, 0.05) is 29.4 Å². The van der Waals surface area contributed by atoms with Crippen LogP contribution in [0.15, 0.2) is 60.8 Å². The van der Waals surface area contributed by atoms with Crippen molar-refractivity contribution in [1.29, 1.82) is 0 Å². The summed E-state index contributed by atoms with van der Waals surface area (Å²) in [5.74, 6) is -0.261. The highest BCUT2D eigenvalue weighted by atomic mass is 19.1. The smallest absolute Gasteiger partial charge is 0.329 e. The van der Waals surface area contributed by atoms with E-state index in [1.807, 2.05) is 47.3 Å². The maximum absolute atomic E-state index is 14.5. The Morgan fingerprint density at radius 2 is 1.68 bits per heavy atom. The van der Waals surface area contributed by atoms with Crippen LogP contribution in [0.3, 0.4) is 0 Å². The molecule has 0 atom stereocenters. The molecule has 162 valence electrons. The molecule has 0 saturated heterocycles. The van der Waals surface area contributed by atoms with Crippen molar-refractivity contribution in [1.82, 2.24) is 9.78 Å². The van der Waals surface area contributed by atoms with Gasteiger partial charge in [0.15, 0.2) is 0 Å². The standard InChI is InChI=1S/C25H27FN2O3/c26-23-9-5-4-8-21(23)22-15-28(27-25(22)20-6-2-1-3-7-20)14-18-10-12-19(13-11-18)16-31-17-24(29)30/h1-9,15,18-19H,10-14,16-17H2,(H,29,30)/t18-,19+. The van der Waals surface area contributed by atoms with E-state index in [2.05, 4.69) is 0 Å². The Morgan fingerprint density at radius 1 is 1.00 bits per heavy atom. The van der Waals surface area contributed by atoms with Crippen molar-refractivity contribution >= 4 is 5.97 Å². The van der Waals surface area contributed by atoms with Gasteiger partial charge in [0.25, 0.3) is 0 Å². The van der Waals surface area contributed by atoms with Gasteiger partial charge >= 0.3 is 5.97 Å². The largest absolute Gasteiger partial charge is 0.480 e. The molecular weight excluding hydrogens is 395 g/mol. The minimum Gasteiger partial charge on any atom is -0.480 e. The van der Waals surface area contributed by atoms with Crippen molar-refractivity contribution in [3.63, 3.8) is 0 Å². The van der Waals surface area contributed by atoms with Crippen LogP contribution in [0.2, 0.25) is 0 Å². The van der Waals surface area contributed by atoms with Gasteiger partial charge in [0.2, 0.25) is 0 Å². The van der Waals surface area contributed by atoms with Crippen LogP contribution in [0.4, 0.5) is 4.39 Å². The van der Waals surface area contributed by atoms with E-state index in [0.29, 0.717) is 24.0 Å². The van der Waals surface area contributed by atoms with Crippen molar-refractivity contribution in [3.8, 4) is 22.4 Å². The van der Waals surface area contributed by atoms with E-state index in [1.54, 1.807) is 12.1 Å². The number of halogens is 1. The molecule has 6 heteroatoms. The van der Waals surface area contributed by atoms with Gasteiger partial charge < -0.3 is 9.84 Å². The van der Waals surface area contributed by atoms with Gasteiger partial charge in [0.05, 0.1) is 6.61 Å². The number of aliphatic carboxylic acids is 1. The molecule has 3 aromatic rings. The summed E-state index contributed by atoms with van der Waals surface area (Å²) in [5.41, 5.74) is 3.13. The highest BCUT2D eigenvalue weighted by molar-refractivity contribution is 5.80. The third-order valence-corrected chi connectivity index (χ3v) is 5.96. The maximum Gasteiger partial charge on any atom is 0.329 e. The zero-order valence-electron chi connectivity index (χ0n) is 17.4. The van der Waals surface area contributed by atoms with Crippen molar-refractivity contribution in [3.05, 3.63) is 66.6 Å². The van der Waals surface area contributed by atoms with Crippen LogP contribution in [0.25, 0.3) is 22.4 Å². The Morgan fingerprint density at radius 3 is 2.39 bits per heavy atom. The third-order valence-electron chi connectivity index (χ3n) is 5.96. The molecule has 4 rings (SSSR count). The first-order chi connectivity index (χ1) is 15.1. The van der Waals surface area contributed by atoms with Crippen molar-refractivity contribution in [2.45, 2.75) is 32.2 Å². The van der Waals surface area contributed by atoms with Crippen LogP contribution >= 0.6 is 0 Å². The second-order valence-electron chi connectivity index (χ2n) is 8.25. The monoisotopic (exact) mass is 422 g/mol. The molecule has 31 heavy (non-hydrogen) atoms. The second-order valence-corrected chi connectivity index (χ2v) is 8.25. The summed E-state index contributed by atoms with van der Waals surface area (Å²) in [7, 11) is 0. The summed E-state index contributed by atoms with van der Waals surface area (Å²) in [6.45, 7) is 1.07. The number of carboxylic acids is 1. The lowest BCUT2D eigenvalue weighted by Crippen LogP contribution is -2.23. The zero-order chi connectivity index (χ0) is 21.6. The Kier molecular flexibility index (Phi) is 6.77. The van der Waals surface area contributed by atoms with Gasteiger partial charge in [0.1, 0.15) is 18.1 Å². The van der Waals surface area contributed by atoms with E-state index in [-0.39, 0.29) is 12.4 Å². The summed E-state index contributed by atoms with van der Waals surface area (Å²) in [6.07, 6.45) is 6.12. The number of hydrogen-bond donors (Lipinski definition) is 1. The normalized spacial score (nSPS) is 18.7. The van der Waals surface area contributed by atoms with Crippen LogP contribution < -0.4 is 0 Å². The first kappa shape index (κ1) is 21.2. The average molecular weight is 423 g/mol. The fraction of sp³-hybridized carbons (Fsp3) is 0.360. The predicted molar refractivity (Wildman–Crippen MR) is 117 cm³/mol. The quantitative estimate of drug-likeness (QED) is 0.538. The summed E-state index contributed by atoms with van der Waals surface area (Å²) >= 11 is 0. The number of rotatable bonds is 8. The van der Waals surface area contributed by atoms with Crippen LogP contribution in [-0.2, 0) is 16.1 Å². The molecule has 0 amide bonds. The fourth-order valence-corrected chi connectivity index (χ4v) is 4.36. The van der Waals surface area contributed by atoms with Gasteiger partial charge in [-0.05, 0) is 43.6 Å². The number of carbonyl (C=O) groups is 1. The lowest BCUT2D eigenvalue weighted by molar-refractivity contribution is -0.142. The lowest BCUT2D eigenvalue weighted by atomic mass is 9.82. The molecular formula is C25H27FN2O3. The average Bonchev–Trinajstić information content (AvgIpc) is 3.19. The molecule has 1 fully saturated rings. The van der Waals surface area contributed by atoms with E-state index in [9.17, 15) is 9.18 Å². The fourth-order valence-electron chi connectivity index (χ4n) is 4.36. The van der Waals surface area contributed by atoms with Crippen LogP contribution in [0, 0.1) is 17.7 Å². The molecule has 1 aromatic heterocycles. The van der Waals surface area contributed by atoms with Crippen molar-refractivity contribution in [2.75, 3.05) is 13.2 Å². The van der Waals surface area contributed by atoms with Gasteiger partial charge in [-0.3, -0.25) is 4.68 Å². The van der Waals surface area contributed by atoms with E-state index < -0.39 is 5.97 Å². The van der Waals surface area contributed by atoms with Gasteiger partial charge in [-0.1, -0.05) is 48.5 Å². The van der Waals surface area contributed by atoms with E-state index in [1.165, 1.54) is 6.07 Å². The molecule has 1 saturated carbocycles. The molecule has 0 aliphatic heterocycles. The minimum atomic E-state index is -0.924. The molecule has 0 spiro atoms. The van der Waals surface area contributed by atoms with Crippen LogP contribution in [0.5, 0.6) is 0 Å². The van der Waals surface area contributed by atoms with Gasteiger partial charge in [-0.2, -0.15) is 5.10 Å². The first-order valence-electron chi connectivity index (χ1n) is 10.8. The van der Waals surface area contributed by atoms with Crippen LogP contribution in [0.1, 0.15) is 25.7 Å². The number of nitrogens with zero attached hydrogens (tertiary/aromatic N) is 2. The van der Waals surface area contributed by atoms with Crippen molar-refractivity contribution < 1.29 is 19.0 Å². The predicted octanol–water partition coefficient (Wildman–Crippen LogP) is 5.26. The molecule has 1 aliphatic carbocycles. The lowest BCUT2D eigenvalue weighted by Gasteiger charge is -2.28. The summed E-state index contributed by atoms with van der Waals surface area (Å²) in [5, 5.41) is 13.5. The molecule has 1 aliphatic rings. The number of benzene rings is 2. The number of ether oxygens (including phenoxy) is 1. The molecule has 1 heterocycles. The minimum absolute atomic E-state index is 0.228. The second kappa shape index (κ2) is 9.88. The molecule has 0 radical (unpaired) electrons. The van der Waals surface area contributed by atoms with E-state index in [0.717, 1.165) is 49.0 Å². The zero-order valence-corrected chi connectivity index (χ0v) is 17.4. The molecule has 0 unspecified atom stereocenters. The van der Waals surface area contributed by atoms with E-state index in [4.69, 9.17) is 14.9 Å². The maximum atomic E-state index is 14.5.